The molecule has 236 valence electrons. The molecule has 7 rings (SSSR count). The lowest BCUT2D eigenvalue weighted by Gasteiger charge is -2.45. The maximum absolute atomic E-state index is 13.7. The summed E-state index contributed by atoms with van der Waals surface area (Å²) >= 11 is 6.40. The normalized spacial score (nSPS) is 30.1. The number of hydrogen-bond acceptors (Lipinski definition) is 7. The molecule has 1 amide bonds. The van der Waals surface area contributed by atoms with Crippen LogP contribution >= 0.6 is 11.6 Å². The average molecular weight is 648 g/mol. The molecule has 1 fully saturated rings. The van der Waals surface area contributed by atoms with Crippen molar-refractivity contribution in [3.05, 3.63) is 100 Å². The van der Waals surface area contributed by atoms with E-state index in [4.69, 9.17) is 16.3 Å². The van der Waals surface area contributed by atoms with Crippen molar-refractivity contribution >= 4 is 33.2 Å². The number of aryl methyl sites for hydroxylation is 1. The van der Waals surface area contributed by atoms with Crippen LogP contribution in [0.5, 0.6) is 5.75 Å². The van der Waals surface area contributed by atoms with Crippen LogP contribution in [0.1, 0.15) is 71.0 Å². The van der Waals surface area contributed by atoms with Gasteiger partial charge >= 0.3 is 0 Å². The highest BCUT2D eigenvalue weighted by molar-refractivity contribution is 7.90. The van der Waals surface area contributed by atoms with E-state index < -0.39 is 27.3 Å². The number of halogens is 1. The molecule has 2 aliphatic heterocycles. The monoisotopic (exact) mass is 647 g/mol. The Morgan fingerprint density at radius 2 is 1.98 bits per heavy atom. The smallest absolute Gasteiger partial charge is 0.264 e. The molecule has 3 heterocycles. The molecule has 2 N–H and O–H groups in total. The molecule has 1 saturated carbocycles. The zero-order valence-corrected chi connectivity index (χ0v) is 26.6. The minimum absolute atomic E-state index is 0.0944. The fourth-order valence-electron chi connectivity index (χ4n) is 7.72. The predicted octanol–water partition coefficient (Wildman–Crippen LogP) is 5.75. The van der Waals surface area contributed by atoms with Crippen molar-refractivity contribution in [2.24, 2.45) is 11.8 Å². The molecule has 10 heteroatoms. The number of aliphatic hydroxyl groups is 1. The Kier molecular flexibility index (Phi) is 8.12. The molecular weight excluding hydrogens is 610 g/mol. The fourth-order valence-corrected chi connectivity index (χ4v) is 9.34. The Balaban J connectivity index is 1.29. The average Bonchev–Trinajstić information content (AvgIpc) is 3.15. The number of anilines is 1. The number of carbonyl (C=O) groups excluding carboxylic acids is 1. The predicted molar refractivity (Wildman–Crippen MR) is 174 cm³/mol. The molecule has 0 saturated heterocycles. The summed E-state index contributed by atoms with van der Waals surface area (Å²) in [6.45, 7) is 1.85. The van der Waals surface area contributed by atoms with Crippen LogP contribution in [0.3, 0.4) is 0 Å². The number of aromatic nitrogens is 1. The lowest BCUT2D eigenvalue weighted by molar-refractivity contribution is 0.0456. The highest BCUT2D eigenvalue weighted by atomic mass is 35.5. The van der Waals surface area contributed by atoms with Crippen LogP contribution in [0.4, 0.5) is 5.69 Å². The van der Waals surface area contributed by atoms with E-state index in [1.54, 1.807) is 42.6 Å². The number of aliphatic hydroxyl groups excluding tert-OH is 1. The molecule has 8 nitrogen and oxygen atoms in total. The third-order valence-electron chi connectivity index (χ3n) is 10.2. The van der Waals surface area contributed by atoms with Gasteiger partial charge in [0.15, 0.2) is 0 Å². The Morgan fingerprint density at radius 1 is 1.09 bits per heavy atom. The molecule has 2 aromatic carbocycles. The van der Waals surface area contributed by atoms with Gasteiger partial charge in [0, 0.05) is 35.3 Å². The van der Waals surface area contributed by atoms with Crippen molar-refractivity contribution in [3.63, 3.8) is 0 Å². The van der Waals surface area contributed by atoms with Crippen LogP contribution < -0.4 is 14.4 Å². The maximum Gasteiger partial charge on any atom is 0.264 e. The minimum Gasteiger partial charge on any atom is -0.490 e. The summed E-state index contributed by atoms with van der Waals surface area (Å²) in [6, 6.07) is 16.4. The van der Waals surface area contributed by atoms with E-state index in [2.05, 4.69) is 26.7 Å². The molecule has 5 atom stereocenters. The second kappa shape index (κ2) is 12.1. The van der Waals surface area contributed by atoms with Gasteiger partial charge in [-0.3, -0.25) is 9.78 Å². The van der Waals surface area contributed by atoms with Crippen molar-refractivity contribution < 1.29 is 23.1 Å². The van der Waals surface area contributed by atoms with Gasteiger partial charge in [-0.25, -0.2) is 13.1 Å². The van der Waals surface area contributed by atoms with Crippen molar-refractivity contribution in [2.45, 2.75) is 61.7 Å². The molecule has 2 aliphatic carbocycles. The van der Waals surface area contributed by atoms with Crippen LogP contribution in [0, 0.1) is 11.8 Å². The van der Waals surface area contributed by atoms with E-state index in [1.807, 2.05) is 18.2 Å². The number of rotatable bonds is 1. The minimum atomic E-state index is -4.14. The van der Waals surface area contributed by atoms with Crippen LogP contribution in [-0.2, 0) is 21.9 Å². The van der Waals surface area contributed by atoms with Gasteiger partial charge < -0.3 is 14.7 Å². The molecule has 2 bridgehead atoms. The Morgan fingerprint density at radius 3 is 2.78 bits per heavy atom. The van der Waals surface area contributed by atoms with E-state index in [0.29, 0.717) is 37.6 Å². The number of sulfonamides is 1. The van der Waals surface area contributed by atoms with Crippen molar-refractivity contribution in [2.75, 3.05) is 24.6 Å². The second-order valence-electron chi connectivity index (χ2n) is 13.0. The first-order valence-corrected chi connectivity index (χ1v) is 17.8. The van der Waals surface area contributed by atoms with Crippen molar-refractivity contribution in [3.8, 4) is 5.75 Å². The zero-order chi connectivity index (χ0) is 31.2. The van der Waals surface area contributed by atoms with E-state index in [9.17, 15) is 18.3 Å². The third-order valence-corrected chi connectivity index (χ3v) is 12.2. The standard InChI is InChI=1S/C35H38ClN3O5S/c36-26-12-14-28-23(18-26)6-5-16-35(28)21-39-20-25-10-13-27(25)31(40)8-1-2-9-33(29-7-3-4-17-37-29)45(42,43)38-34(41)24-11-15-32(44-22-35)30(39)19-24/h1,3-4,7-8,11-12,14-15,17-19,25,27,31,33,40H,2,5-6,9-10,13,16,20-22H2,(H,38,41)/b8-1+/t25-,27+,31-,33-,35-/m0/s1. The summed E-state index contributed by atoms with van der Waals surface area (Å²) < 4.78 is 36.2. The summed E-state index contributed by atoms with van der Waals surface area (Å²) in [7, 11) is -4.14. The molecule has 1 spiro atoms. The molecule has 0 radical (unpaired) electrons. The first-order valence-electron chi connectivity index (χ1n) is 15.8. The summed E-state index contributed by atoms with van der Waals surface area (Å²) in [4.78, 5) is 20.2. The zero-order valence-electron chi connectivity index (χ0n) is 25.1. The van der Waals surface area contributed by atoms with Gasteiger partial charge in [0.1, 0.15) is 11.0 Å². The number of amides is 1. The number of fused-ring (bicyclic) bond motifs is 4. The first kappa shape index (κ1) is 30.3. The van der Waals surface area contributed by atoms with E-state index >= 15 is 0 Å². The molecule has 4 aliphatic rings. The number of nitrogens with one attached hydrogen (secondary N) is 1. The quantitative estimate of drug-likeness (QED) is 0.324. The highest BCUT2D eigenvalue weighted by Crippen LogP contribution is 2.47. The van der Waals surface area contributed by atoms with Crippen LogP contribution in [0.25, 0.3) is 0 Å². The third kappa shape index (κ3) is 5.86. The first-order chi connectivity index (χ1) is 21.7. The second-order valence-corrected chi connectivity index (χ2v) is 15.3. The SMILES string of the molecule is O=C1NS(=O)(=O)[C@H](c2ccccn2)CC/C=C/[C@H](O)[C@@H]2CC[C@H]2CN2C[C@@]3(CCCc4cc(Cl)ccc43)COc3ccc1cc32. The molecule has 1 aromatic heterocycles. The van der Waals surface area contributed by atoms with Gasteiger partial charge in [-0.05, 0) is 110 Å². The Labute approximate surface area is 269 Å². The number of nitrogens with zero attached hydrogens (tertiary/aromatic N) is 2. The number of pyridine rings is 1. The molecule has 45 heavy (non-hydrogen) atoms. The molecular formula is C35H38ClN3O5S. The van der Waals surface area contributed by atoms with Gasteiger partial charge in [0.25, 0.3) is 5.91 Å². The number of benzene rings is 2. The highest BCUT2D eigenvalue weighted by Gasteiger charge is 2.44. The number of ether oxygens (including phenoxy) is 1. The topological polar surface area (TPSA) is 109 Å². The van der Waals surface area contributed by atoms with Gasteiger partial charge in [0.05, 0.1) is 24.1 Å². The van der Waals surface area contributed by atoms with E-state index in [0.717, 1.165) is 42.8 Å². The number of carbonyl (C=O) groups is 1. The van der Waals surface area contributed by atoms with Crippen LogP contribution in [-0.4, -0.2) is 50.2 Å². The maximum atomic E-state index is 13.7. The van der Waals surface area contributed by atoms with E-state index in [1.165, 1.54) is 11.1 Å². The summed E-state index contributed by atoms with van der Waals surface area (Å²) in [5.74, 6) is 0.330. The molecule has 0 unspecified atom stereocenters. The summed E-state index contributed by atoms with van der Waals surface area (Å²) in [5.41, 5.74) is 3.59. The molecule has 3 aromatic rings. The van der Waals surface area contributed by atoms with Gasteiger partial charge in [-0.1, -0.05) is 35.9 Å². The number of allylic oxidation sites excluding steroid dienone is 1. The van der Waals surface area contributed by atoms with Gasteiger partial charge in [-0.15, -0.1) is 0 Å². The van der Waals surface area contributed by atoms with Gasteiger partial charge in [-0.2, -0.15) is 0 Å². The largest absolute Gasteiger partial charge is 0.490 e. The Bertz CT molecular complexity index is 1730. The van der Waals surface area contributed by atoms with Crippen LogP contribution in [0.15, 0.2) is 72.9 Å². The summed E-state index contributed by atoms with van der Waals surface area (Å²) in [6.07, 6.45) is 10.1. The lowest BCUT2D eigenvalue weighted by Crippen LogP contribution is -2.49. The summed E-state index contributed by atoms with van der Waals surface area (Å²) in [5, 5.41) is 10.9. The lowest BCUT2D eigenvalue weighted by atomic mass is 9.68. The number of hydrogen-bond donors (Lipinski definition) is 2. The Hall–Kier alpha value is -3.40. The van der Waals surface area contributed by atoms with Crippen molar-refractivity contribution in [1.29, 1.82) is 0 Å². The van der Waals surface area contributed by atoms with E-state index in [-0.39, 0.29) is 29.2 Å². The van der Waals surface area contributed by atoms with Crippen molar-refractivity contribution in [1.82, 2.24) is 9.71 Å². The van der Waals surface area contributed by atoms with Gasteiger partial charge in [0.2, 0.25) is 10.0 Å². The van der Waals surface area contributed by atoms with Crippen LogP contribution in [0.2, 0.25) is 5.02 Å². The fraction of sp³-hybridized carbons (Fsp3) is 0.429.